The molecule has 0 spiro atoms. The van der Waals surface area contributed by atoms with Crippen LogP contribution in [0.2, 0.25) is 0 Å². The zero-order valence-electron chi connectivity index (χ0n) is 6.28. The molecule has 3 nitrogen and oxygen atoms in total. The van der Waals surface area contributed by atoms with E-state index in [0.717, 1.165) is 0 Å². The fourth-order valence-electron chi connectivity index (χ4n) is 1.64. The molecule has 0 saturated carbocycles. The van der Waals surface area contributed by atoms with Crippen LogP contribution in [0.25, 0.3) is 0 Å². The summed E-state index contributed by atoms with van der Waals surface area (Å²) in [7, 11) is 0. The Bertz CT molecular complexity index is 231. The van der Waals surface area contributed by atoms with Crippen LogP contribution in [0, 0.1) is 5.92 Å². The third-order valence-electron chi connectivity index (χ3n) is 2.30. The highest BCUT2D eigenvalue weighted by atomic mass is 16.6. The molecule has 1 saturated heterocycles. The molecule has 3 heteroatoms. The summed E-state index contributed by atoms with van der Waals surface area (Å²) in [4.78, 5) is 10.5. The average Bonchev–Trinajstić information content (AvgIpc) is 2.66. The van der Waals surface area contributed by atoms with Gasteiger partial charge in [0.2, 0.25) is 0 Å². The minimum Gasteiger partial charge on any atom is -0.478 e. The maximum absolute atomic E-state index is 10.5. The van der Waals surface area contributed by atoms with Crippen molar-refractivity contribution in [1.29, 1.82) is 0 Å². The van der Waals surface area contributed by atoms with Crippen LogP contribution in [0.4, 0.5) is 0 Å². The first-order valence-electron chi connectivity index (χ1n) is 3.78. The molecule has 3 atom stereocenters. The second kappa shape index (κ2) is 2.08. The number of hydrogen-bond acceptors (Lipinski definition) is 2. The molecule has 0 amide bonds. The second-order valence-corrected chi connectivity index (χ2v) is 3.20. The van der Waals surface area contributed by atoms with E-state index >= 15 is 0 Å². The van der Waals surface area contributed by atoms with Gasteiger partial charge >= 0.3 is 5.97 Å². The minimum absolute atomic E-state index is 0.195. The standard InChI is InChI=1S/C8H10O3/c1-4-2-5(8(9)10)3-6-7(4)11-6/h2,4,6-7H,3H2,1H3,(H,9,10). The lowest BCUT2D eigenvalue weighted by molar-refractivity contribution is -0.132. The predicted octanol–water partition coefficient (Wildman–Crippen LogP) is 0.805. The first-order valence-corrected chi connectivity index (χ1v) is 3.78. The molecule has 1 N–H and O–H groups in total. The Morgan fingerprint density at radius 3 is 3.09 bits per heavy atom. The molecule has 0 aromatic heterocycles. The maximum atomic E-state index is 10.5. The molecule has 1 aliphatic carbocycles. The normalized spacial score (nSPS) is 40.8. The van der Waals surface area contributed by atoms with Crippen molar-refractivity contribution in [2.75, 3.05) is 0 Å². The van der Waals surface area contributed by atoms with Crippen LogP contribution < -0.4 is 0 Å². The molecule has 0 bridgehead atoms. The van der Waals surface area contributed by atoms with E-state index < -0.39 is 5.97 Å². The van der Waals surface area contributed by atoms with Crippen molar-refractivity contribution in [1.82, 2.24) is 0 Å². The van der Waals surface area contributed by atoms with E-state index in [0.29, 0.717) is 18.1 Å². The highest BCUT2D eigenvalue weighted by Crippen LogP contribution is 2.39. The van der Waals surface area contributed by atoms with Gasteiger partial charge in [-0.2, -0.15) is 0 Å². The maximum Gasteiger partial charge on any atom is 0.331 e. The van der Waals surface area contributed by atoms with Gasteiger partial charge < -0.3 is 9.84 Å². The Kier molecular flexibility index (Phi) is 1.29. The van der Waals surface area contributed by atoms with Crippen molar-refractivity contribution < 1.29 is 14.6 Å². The molecule has 3 unspecified atom stereocenters. The van der Waals surface area contributed by atoms with E-state index in [4.69, 9.17) is 9.84 Å². The quantitative estimate of drug-likeness (QED) is 0.568. The van der Waals surface area contributed by atoms with Gasteiger partial charge in [-0.05, 0) is 0 Å². The number of carboxylic acid groups (broad SMARTS) is 1. The van der Waals surface area contributed by atoms with E-state index in [1.54, 1.807) is 6.08 Å². The Morgan fingerprint density at radius 2 is 2.55 bits per heavy atom. The van der Waals surface area contributed by atoms with Crippen molar-refractivity contribution in [2.24, 2.45) is 5.92 Å². The Morgan fingerprint density at radius 1 is 1.82 bits per heavy atom. The van der Waals surface area contributed by atoms with Gasteiger partial charge in [-0.15, -0.1) is 0 Å². The highest BCUT2D eigenvalue weighted by molar-refractivity contribution is 5.87. The van der Waals surface area contributed by atoms with Gasteiger partial charge in [-0.25, -0.2) is 4.79 Å². The molecular formula is C8H10O3. The first-order chi connectivity index (χ1) is 5.18. The number of carboxylic acids is 1. The number of hydrogen-bond donors (Lipinski definition) is 1. The molecule has 60 valence electrons. The third-order valence-corrected chi connectivity index (χ3v) is 2.30. The summed E-state index contributed by atoms with van der Waals surface area (Å²) in [6.45, 7) is 1.99. The number of aliphatic carboxylic acids is 1. The number of fused-ring (bicyclic) bond motifs is 1. The fraction of sp³-hybridized carbons (Fsp3) is 0.625. The van der Waals surface area contributed by atoms with Gasteiger partial charge in [0.1, 0.15) is 0 Å². The SMILES string of the molecule is CC1C=C(C(=O)O)CC2OC12. The Labute approximate surface area is 64.7 Å². The van der Waals surface area contributed by atoms with Gasteiger partial charge in [0, 0.05) is 17.9 Å². The van der Waals surface area contributed by atoms with Crippen LogP contribution in [0.1, 0.15) is 13.3 Å². The van der Waals surface area contributed by atoms with E-state index in [9.17, 15) is 4.79 Å². The van der Waals surface area contributed by atoms with Crippen LogP contribution in [-0.4, -0.2) is 23.3 Å². The molecule has 2 aliphatic rings. The summed E-state index contributed by atoms with van der Waals surface area (Å²) >= 11 is 0. The highest BCUT2D eigenvalue weighted by Gasteiger charge is 2.46. The van der Waals surface area contributed by atoms with Crippen LogP contribution in [0.3, 0.4) is 0 Å². The first kappa shape index (κ1) is 6.85. The number of epoxide rings is 1. The smallest absolute Gasteiger partial charge is 0.331 e. The lowest BCUT2D eigenvalue weighted by atomic mass is 9.92. The molecule has 2 rings (SSSR count). The Balaban J connectivity index is 2.17. The average molecular weight is 154 g/mol. The van der Waals surface area contributed by atoms with Crippen LogP contribution in [-0.2, 0) is 9.53 Å². The van der Waals surface area contributed by atoms with Crippen LogP contribution in [0.5, 0.6) is 0 Å². The fourth-order valence-corrected chi connectivity index (χ4v) is 1.64. The summed E-state index contributed by atoms with van der Waals surface area (Å²) in [5, 5.41) is 8.67. The van der Waals surface area contributed by atoms with Crippen molar-refractivity contribution >= 4 is 5.97 Å². The zero-order valence-corrected chi connectivity index (χ0v) is 6.28. The summed E-state index contributed by atoms with van der Waals surface area (Å²) in [6.07, 6.45) is 2.89. The predicted molar refractivity (Wildman–Crippen MR) is 38.2 cm³/mol. The second-order valence-electron chi connectivity index (χ2n) is 3.20. The third kappa shape index (κ3) is 1.05. The molecule has 0 aromatic carbocycles. The molecule has 0 radical (unpaired) electrons. The number of ether oxygens (including phenoxy) is 1. The number of rotatable bonds is 1. The van der Waals surface area contributed by atoms with Gasteiger partial charge in [-0.1, -0.05) is 13.0 Å². The van der Waals surface area contributed by atoms with E-state index in [-0.39, 0.29) is 12.0 Å². The molecule has 1 fully saturated rings. The molecule has 1 heterocycles. The summed E-state index contributed by atoms with van der Waals surface area (Å²) < 4.78 is 5.26. The summed E-state index contributed by atoms with van der Waals surface area (Å²) in [6, 6.07) is 0. The Hall–Kier alpha value is -0.830. The molecule has 0 aromatic rings. The van der Waals surface area contributed by atoms with Gasteiger partial charge in [0.05, 0.1) is 12.2 Å². The van der Waals surface area contributed by atoms with E-state index in [2.05, 4.69) is 0 Å². The summed E-state index contributed by atoms with van der Waals surface area (Å²) in [5.74, 6) is -0.523. The minimum atomic E-state index is -0.800. The van der Waals surface area contributed by atoms with E-state index in [1.165, 1.54) is 0 Å². The van der Waals surface area contributed by atoms with Gasteiger partial charge in [0.25, 0.3) is 0 Å². The van der Waals surface area contributed by atoms with Crippen molar-refractivity contribution in [2.45, 2.75) is 25.6 Å². The van der Waals surface area contributed by atoms with Crippen molar-refractivity contribution in [3.05, 3.63) is 11.6 Å². The van der Waals surface area contributed by atoms with Crippen molar-refractivity contribution in [3.8, 4) is 0 Å². The monoisotopic (exact) mass is 154 g/mol. The number of carbonyl (C=O) groups is 1. The van der Waals surface area contributed by atoms with E-state index in [1.807, 2.05) is 6.92 Å². The zero-order chi connectivity index (χ0) is 8.01. The van der Waals surface area contributed by atoms with Crippen molar-refractivity contribution in [3.63, 3.8) is 0 Å². The van der Waals surface area contributed by atoms with Crippen LogP contribution in [0.15, 0.2) is 11.6 Å². The summed E-state index contributed by atoms with van der Waals surface area (Å²) in [5.41, 5.74) is 0.510. The molecule has 11 heavy (non-hydrogen) atoms. The largest absolute Gasteiger partial charge is 0.478 e. The van der Waals surface area contributed by atoms with Gasteiger partial charge in [-0.3, -0.25) is 0 Å². The lowest BCUT2D eigenvalue weighted by Crippen LogP contribution is -2.15. The van der Waals surface area contributed by atoms with Gasteiger partial charge in [0.15, 0.2) is 0 Å². The van der Waals surface area contributed by atoms with Crippen LogP contribution >= 0.6 is 0 Å². The lowest BCUT2D eigenvalue weighted by Gasteiger charge is -2.09. The molecule has 1 aliphatic heterocycles. The topological polar surface area (TPSA) is 49.8 Å². The molecular weight excluding hydrogens is 144 g/mol.